The smallest absolute Gasteiger partial charge is 0.0944 e. The molecule has 0 amide bonds. The van der Waals surface area contributed by atoms with Crippen LogP contribution in [-0.2, 0) is 13.0 Å². The maximum absolute atomic E-state index is 5.50. The van der Waals surface area contributed by atoms with Crippen LogP contribution >= 0.6 is 11.3 Å². The van der Waals surface area contributed by atoms with Crippen molar-refractivity contribution in [3.05, 3.63) is 16.1 Å². The highest BCUT2D eigenvalue weighted by Crippen LogP contribution is 2.15. The monoisotopic (exact) mass is 197 g/mol. The zero-order valence-electron chi connectivity index (χ0n) is 7.62. The van der Waals surface area contributed by atoms with E-state index in [2.05, 4.69) is 15.7 Å². The fourth-order valence-corrected chi connectivity index (χ4v) is 2.57. The molecule has 4 heteroatoms. The van der Waals surface area contributed by atoms with Gasteiger partial charge in [0, 0.05) is 24.4 Å². The Balaban J connectivity index is 1.92. The van der Waals surface area contributed by atoms with Gasteiger partial charge in [-0.3, -0.25) is 0 Å². The Morgan fingerprint density at radius 2 is 2.62 bits per heavy atom. The van der Waals surface area contributed by atoms with Crippen molar-refractivity contribution in [1.82, 2.24) is 10.3 Å². The van der Waals surface area contributed by atoms with Crippen molar-refractivity contribution in [1.29, 1.82) is 0 Å². The molecule has 3 N–H and O–H groups in total. The van der Waals surface area contributed by atoms with Crippen molar-refractivity contribution >= 4 is 11.3 Å². The minimum atomic E-state index is 0.564. The van der Waals surface area contributed by atoms with Crippen LogP contribution in [0.2, 0.25) is 0 Å². The van der Waals surface area contributed by atoms with Gasteiger partial charge in [0.1, 0.15) is 0 Å². The topological polar surface area (TPSA) is 50.9 Å². The van der Waals surface area contributed by atoms with Crippen molar-refractivity contribution in [2.75, 3.05) is 6.54 Å². The van der Waals surface area contributed by atoms with Gasteiger partial charge < -0.3 is 11.1 Å². The maximum atomic E-state index is 5.50. The lowest BCUT2D eigenvalue weighted by Gasteiger charge is -2.06. The van der Waals surface area contributed by atoms with Crippen LogP contribution in [0.4, 0.5) is 0 Å². The van der Waals surface area contributed by atoms with E-state index < -0.39 is 0 Å². The van der Waals surface area contributed by atoms with Gasteiger partial charge in [-0.25, -0.2) is 4.98 Å². The zero-order chi connectivity index (χ0) is 9.10. The Bertz CT molecular complexity index is 266. The first-order valence-corrected chi connectivity index (χ1v) is 5.63. The van der Waals surface area contributed by atoms with E-state index in [9.17, 15) is 0 Å². The standard InChI is InChI=1S/C9H15N3S/c10-5-8-6-13-9(12-8)4-7-2-1-3-11-7/h6-7,11H,1-5,10H2. The molecular weight excluding hydrogens is 182 g/mol. The Hall–Kier alpha value is -0.450. The van der Waals surface area contributed by atoms with Crippen LogP contribution in [0, 0.1) is 0 Å². The number of nitrogens with zero attached hydrogens (tertiary/aromatic N) is 1. The van der Waals surface area contributed by atoms with Crippen LogP contribution in [0.3, 0.4) is 0 Å². The molecule has 1 aromatic heterocycles. The molecule has 0 aliphatic carbocycles. The fraction of sp³-hybridized carbons (Fsp3) is 0.667. The third kappa shape index (κ3) is 2.27. The molecule has 1 fully saturated rings. The summed E-state index contributed by atoms with van der Waals surface area (Å²) in [5.74, 6) is 0. The molecule has 1 aromatic rings. The molecule has 1 unspecified atom stereocenters. The van der Waals surface area contributed by atoms with E-state index >= 15 is 0 Å². The molecule has 0 bridgehead atoms. The number of aromatic nitrogens is 1. The van der Waals surface area contributed by atoms with E-state index in [4.69, 9.17) is 5.73 Å². The second-order valence-corrected chi connectivity index (χ2v) is 4.38. The maximum Gasteiger partial charge on any atom is 0.0944 e. The first-order valence-electron chi connectivity index (χ1n) is 4.75. The van der Waals surface area contributed by atoms with Gasteiger partial charge in [0.15, 0.2) is 0 Å². The lowest BCUT2D eigenvalue weighted by Crippen LogP contribution is -2.23. The molecule has 1 atom stereocenters. The second-order valence-electron chi connectivity index (χ2n) is 3.43. The predicted octanol–water partition coefficient (Wildman–Crippen LogP) is 0.896. The number of hydrogen-bond acceptors (Lipinski definition) is 4. The normalized spacial score (nSPS) is 22.4. The summed E-state index contributed by atoms with van der Waals surface area (Å²) in [7, 11) is 0. The average molecular weight is 197 g/mol. The minimum Gasteiger partial charge on any atom is -0.325 e. The summed E-state index contributed by atoms with van der Waals surface area (Å²) in [5.41, 5.74) is 6.53. The summed E-state index contributed by atoms with van der Waals surface area (Å²) >= 11 is 1.73. The summed E-state index contributed by atoms with van der Waals surface area (Å²) in [6.07, 6.45) is 3.67. The van der Waals surface area contributed by atoms with Crippen LogP contribution in [0.15, 0.2) is 5.38 Å². The molecule has 2 rings (SSSR count). The van der Waals surface area contributed by atoms with Gasteiger partial charge in [-0.1, -0.05) is 0 Å². The van der Waals surface area contributed by atoms with E-state index in [0.717, 1.165) is 12.1 Å². The molecule has 1 saturated heterocycles. The van der Waals surface area contributed by atoms with Crippen molar-refractivity contribution in [2.24, 2.45) is 5.73 Å². The average Bonchev–Trinajstić information content (AvgIpc) is 2.76. The number of nitrogens with one attached hydrogen (secondary N) is 1. The summed E-state index contributed by atoms with van der Waals surface area (Å²) in [6, 6.07) is 0.650. The van der Waals surface area contributed by atoms with Crippen molar-refractivity contribution in [3.63, 3.8) is 0 Å². The van der Waals surface area contributed by atoms with Crippen LogP contribution in [0.1, 0.15) is 23.5 Å². The van der Waals surface area contributed by atoms with Gasteiger partial charge in [-0.05, 0) is 19.4 Å². The number of nitrogens with two attached hydrogens (primary N) is 1. The predicted molar refractivity (Wildman–Crippen MR) is 54.7 cm³/mol. The Labute approximate surface area is 82.4 Å². The molecule has 0 spiro atoms. The van der Waals surface area contributed by atoms with Crippen molar-refractivity contribution < 1.29 is 0 Å². The van der Waals surface area contributed by atoms with Gasteiger partial charge in [0.05, 0.1) is 10.7 Å². The van der Waals surface area contributed by atoms with Gasteiger partial charge in [-0.15, -0.1) is 11.3 Å². The zero-order valence-corrected chi connectivity index (χ0v) is 8.44. The largest absolute Gasteiger partial charge is 0.325 e. The molecular formula is C9H15N3S. The van der Waals surface area contributed by atoms with Crippen LogP contribution in [-0.4, -0.2) is 17.6 Å². The summed E-state index contributed by atoms with van der Waals surface area (Å²) in [5, 5.41) is 6.75. The first-order chi connectivity index (χ1) is 6.38. The van der Waals surface area contributed by atoms with E-state index in [1.165, 1.54) is 24.4 Å². The van der Waals surface area contributed by atoms with Crippen molar-refractivity contribution in [3.8, 4) is 0 Å². The van der Waals surface area contributed by atoms with E-state index in [0.29, 0.717) is 12.6 Å². The highest BCUT2D eigenvalue weighted by Gasteiger charge is 2.15. The number of rotatable bonds is 3. The SMILES string of the molecule is NCc1csc(CC2CCCN2)n1. The first kappa shape index (κ1) is 9.12. The Morgan fingerprint density at radius 1 is 1.69 bits per heavy atom. The highest BCUT2D eigenvalue weighted by molar-refractivity contribution is 7.09. The van der Waals surface area contributed by atoms with Crippen molar-refractivity contribution in [2.45, 2.75) is 31.8 Å². The molecule has 72 valence electrons. The molecule has 0 saturated carbocycles. The van der Waals surface area contributed by atoms with E-state index in [1.54, 1.807) is 11.3 Å². The fourth-order valence-electron chi connectivity index (χ4n) is 1.68. The van der Waals surface area contributed by atoms with E-state index in [-0.39, 0.29) is 0 Å². The van der Waals surface area contributed by atoms with Gasteiger partial charge in [0.2, 0.25) is 0 Å². The van der Waals surface area contributed by atoms with Crippen LogP contribution < -0.4 is 11.1 Å². The summed E-state index contributed by atoms with van der Waals surface area (Å²) < 4.78 is 0. The highest BCUT2D eigenvalue weighted by atomic mass is 32.1. The van der Waals surface area contributed by atoms with Gasteiger partial charge >= 0.3 is 0 Å². The Morgan fingerprint density at radius 3 is 3.23 bits per heavy atom. The molecule has 13 heavy (non-hydrogen) atoms. The quantitative estimate of drug-likeness (QED) is 0.757. The van der Waals surface area contributed by atoms with Gasteiger partial charge in [-0.2, -0.15) is 0 Å². The number of thiazole rings is 1. The summed E-state index contributed by atoms with van der Waals surface area (Å²) in [4.78, 5) is 4.45. The van der Waals surface area contributed by atoms with E-state index in [1.807, 2.05) is 0 Å². The molecule has 0 radical (unpaired) electrons. The van der Waals surface area contributed by atoms with Crippen LogP contribution in [0.25, 0.3) is 0 Å². The molecule has 1 aliphatic rings. The lowest BCUT2D eigenvalue weighted by atomic mass is 10.2. The van der Waals surface area contributed by atoms with Gasteiger partial charge in [0.25, 0.3) is 0 Å². The summed E-state index contributed by atoms with van der Waals surface area (Å²) in [6.45, 7) is 1.73. The lowest BCUT2D eigenvalue weighted by molar-refractivity contribution is 0.600. The molecule has 2 heterocycles. The third-order valence-electron chi connectivity index (χ3n) is 2.39. The third-order valence-corrected chi connectivity index (χ3v) is 3.31. The molecule has 1 aliphatic heterocycles. The van der Waals surface area contributed by atoms with Crippen LogP contribution in [0.5, 0.6) is 0 Å². The molecule has 3 nitrogen and oxygen atoms in total. The minimum absolute atomic E-state index is 0.564. The number of hydrogen-bond donors (Lipinski definition) is 2. The Kier molecular flexibility index (Phi) is 2.93. The second kappa shape index (κ2) is 4.17. The molecule has 0 aromatic carbocycles.